The minimum Gasteiger partial charge on any atom is -0.381 e. The Labute approximate surface area is 129 Å². The molecule has 0 bridgehead atoms. The summed E-state index contributed by atoms with van der Waals surface area (Å²) in [6.45, 7) is 0. The van der Waals surface area contributed by atoms with Crippen LogP contribution in [-0.2, 0) is 4.74 Å². The van der Waals surface area contributed by atoms with Crippen LogP contribution in [0.2, 0.25) is 0 Å². The highest BCUT2D eigenvalue weighted by Gasteiger charge is 2.22. The average Bonchev–Trinajstić information content (AvgIpc) is 3.10. The molecule has 0 aromatic carbocycles. The Bertz CT molecular complexity index is 619. The smallest absolute Gasteiger partial charge is 0.270 e. The number of hydrogen-bond donors (Lipinski definition) is 1. The molecular formula is C16H20N4O2. The van der Waals surface area contributed by atoms with E-state index in [1.165, 1.54) is 0 Å². The van der Waals surface area contributed by atoms with Crippen molar-refractivity contribution in [2.75, 3.05) is 7.11 Å². The van der Waals surface area contributed by atoms with Gasteiger partial charge in [-0.15, -0.1) is 0 Å². The highest BCUT2D eigenvalue weighted by Crippen LogP contribution is 2.20. The van der Waals surface area contributed by atoms with Crippen molar-refractivity contribution in [2.45, 2.75) is 37.8 Å². The molecule has 0 aliphatic heterocycles. The molecule has 1 saturated carbocycles. The van der Waals surface area contributed by atoms with Crippen LogP contribution in [0.1, 0.15) is 36.2 Å². The van der Waals surface area contributed by atoms with Gasteiger partial charge in [0.25, 0.3) is 5.91 Å². The molecule has 0 unspecified atom stereocenters. The lowest BCUT2D eigenvalue weighted by Gasteiger charge is -2.28. The van der Waals surface area contributed by atoms with Gasteiger partial charge in [-0.2, -0.15) is 0 Å². The van der Waals surface area contributed by atoms with Crippen molar-refractivity contribution in [3.05, 3.63) is 42.6 Å². The number of methoxy groups -OCH3 is 1. The van der Waals surface area contributed by atoms with E-state index in [1.54, 1.807) is 36.5 Å². The SMILES string of the molecule is COC1CCC(NC(=O)c2cccc(-n3ccnc3)n2)CC1. The Morgan fingerprint density at radius 3 is 2.82 bits per heavy atom. The number of carbonyl (C=O) groups is 1. The molecule has 1 N–H and O–H groups in total. The highest BCUT2D eigenvalue weighted by atomic mass is 16.5. The lowest BCUT2D eigenvalue weighted by molar-refractivity contribution is 0.0598. The van der Waals surface area contributed by atoms with Crippen molar-refractivity contribution in [3.8, 4) is 5.82 Å². The summed E-state index contributed by atoms with van der Waals surface area (Å²) in [5, 5.41) is 3.07. The molecule has 3 rings (SSSR count). The number of pyridine rings is 1. The second-order valence-electron chi connectivity index (χ2n) is 5.53. The van der Waals surface area contributed by atoms with E-state index in [4.69, 9.17) is 4.74 Å². The summed E-state index contributed by atoms with van der Waals surface area (Å²) in [5.41, 5.74) is 0.431. The molecule has 0 spiro atoms. The van der Waals surface area contributed by atoms with Crippen LogP contribution in [0.4, 0.5) is 0 Å². The summed E-state index contributed by atoms with van der Waals surface area (Å²) >= 11 is 0. The zero-order valence-electron chi connectivity index (χ0n) is 12.6. The van der Waals surface area contributed by atoms with E-state index in [1.807, 2.05) is 12.1 Å². The summed E-state index contributed by atoms with van der Waals surface area (Å²) in [6.07, 6.45) is 9.36. The molecule has 0 atom stereocenters. The zero-order valence-corrected chi connectivity index (χ0v) is 12.6. The van der Waals surface area contributed by atoms with Gasteiger partial charge in [0.2, 0.25) is 0 Å². The molecule has 0 radical (unpaired) electrons. The van der Waals surface area contributed by atoms with E-state index < -0.39 is 0 Å². The third kappa shape index (κ3) is 3.33. The average molecular weight is 300 g/mol. The third-order valence-corrected chi connectivity index (χ3v) is 4.08. The maximum atomic E-state index is 12.4. The summed E-state index contributed by atoms with van der Waals surface area (Å²) in [7, 11) is 1.75. The molecule has 1 fully saturated rings. The zero-order chi connectivity index (χ0) is 15.4. The number of imidazole rings is 1. The van der Waals surface area contributed by atoms with Crippen LogP contribution in [0.15, 0.2) is 36.9 Å². The Morgan fingerprint density at radius 2 is 2.14 bits per heavy atom. The predicted molar refractivity (Wildman–Crippen MR) is 81.9 cm³/mol. The van der Waals surface area contributed by atoms with E-state index >= 15 is 0 Å². The van der Waals surface area contributed by atoms with E-state index in [-0.39, 0.29) is 11.9 Å². The Hall–Kier alpha value is -2.21. The number of nitrogens with zero attached hydrogens (tertiary/aromatic N) is 3. The van der Waals surface area contributed by atoms with E-state index in [9.17, 15) is 4.79 Å². The monoisotopic (exact) mass is 300 g/mol. The van der Waals surface area contributed by atoms with Crippen LogP contribution in [0.3, 0.4) is 0 Å². The van der Waals surface area contributed by atoms with E-state index in [2.05, 4.69) is 15.3 Å². The Balaban J connectivity index is 1.64. The predicted octanol–water partition coefficient (Wildman–Crippen LogP) is 1.95. The Kier molecular flexibility index (Phi) is 4.48. The van der Waals surface area contributed by atoms with Gasteiger partial charge in [-0.3, -0.25) is 9.36 Å². The summed E-state index contributed by atoms with van der Waals surface area (Å²) in [4.78, 5) is 20.7. The normalized spacial score (nSPS) is 21.5. The van der Waals surface area contributed by atoms with Gasteiger partial charge in [0.1, 0.15) is 17.8 Å². The highest BCUT2D eigenvalue weighted by molar-refractivity contribution is 5.92. The number of hydrogen-bond acceptors (Lipinski definition) is 4. The molecule has 6 heteroatoms. The number of amides is 1. The van der Waals surface area contributed by atoms with Crippen LogP contribution < -0.4 is 5.32 Å². The number of carbonyl (C=O) groups excluding carboxylic acids is 1. The van der Waals surface area contributed by atoms with Crippen molar-refractivity contribution < 1.29 is 9.53 Å². The fraction of sp³-hybridized carbons (Fsp3) is 0.438. The molecule has 22 heavy (non-hydrogen) atoms. The summed E-state index contributed by atoms with van der Waals surface area (Å²) < 4.78 is 7.13. The van der Waals surface area contributed by atoms with Gasteiger partial charge in [0.05, 0.1) is 6.10 Å². The first-order chi connectivity index (χ1) is 10.8. The third-order valence-electron chi connectivity index (χ3n) is 4.08. The van der Waals surface area contributed by atoms with Crippen molar-refractivity contribution in [1.82, 2.24) is 19.9 Å². The molecule has 1 aliphatic rings. The quantitative estimate of drug-likeness (QED) is 0.937. The minimum absolute atomic E-state index is 0.122. The standard InChI is InChI=1S/C16H20N4O2/c1-22-13-7-5-12(6-8-13)18-16(21)14-3-2-4-15(19-14)20-10-9-17-11-20/h2-4,9-13H,5-8H2,1H3,(H,18,21). The maximum Gasteiger partial charge on any atom is 0.270 e. The molecule has 116 valence electrons. The van der Waals surface area contributed by atoms with Gasteiger partial charge in [0, 0.05) is 25.5 Å². The second kappa shape index (κ2) is 6.70. The maximum absolute atomic E-state index is 12.4. The van der Waals surface area contributed by atoms with Crippen LogP contribution in [0.25, 0.3) is 5.82 Å². The summed E-state index contributed by atoms with van der Waals surface area (Å²) in [6, 6.07) is 5.62. The van der Waals surface area contributed by atoms with Crippen molar-refractivity contribution in [3.63, 3.8) is 0 Å². The van der Waals surface area contributed by atoms with Gasteiger partial charge in [-0.05, 0) is 37.8 Å². The van der Waals surface area contributed by atoms with E-state index in [0.717, 1.165) is 25.7 Å². The fourth-order valence-corrected chi connectivity index (χ4v) is 2.79. The number of rotatable bonds is 4. The molecule has 0 saturated heterocycles. The molecular weight excluding hydrogens is 280 g/mol. The molecule has 1 amide bonds. The van der Waals surface area contributed by atoms with Gasteiger partial charge in [0.15, 0.2) is 0 Å². The minimum atomic E-state index is -0.122. The summed E-state index contributed by atoms with van der Waals surface area (Å²) in [5.74, 6) is 0.566. The number of ether oxygens (including phenoxy) is 1. The van der Waals surface area contributed by atoms with E-state index in [0.29, 0.717) is 17.6 Å². The van der Waals surface area contributed by atoms with Gasteiger partial charge in [-0.25, -0.2) is 9.97 Å². The molecule has 1 aliphatic carbocycles. The van der Waals surface area contributed by atoms with Gasteiger partial charge < -0.3 is 10.1 Å². The first-order valence-corrected chi connectivity index (χ1v) is 7.55. The van der Waals surface area contributed by atoms with Crippen LogP contribution in [0.5, 0.6) is 0 Å². The lowest BCUT2D eigenvalue weighted by atomic mass is 9.93. The second-order valence-corrected chi connectivity index (χ2v) is 5.53. The lowest BCUT2D eigenvalue weighted by Crippen LogP contribution is -2.39. The van der Waals surface area contributed by atoms with Gasteiger partial charge in [-0.1, -0.05) is 6.07 Å². The van der Waals surface area contributed by atoms with Crippen molar-refractivity contribution in [1.29, 1.82) is 0 Å². The Morgan fingerprint density at radius 1 is 1.32 bits per heavy atom. The topological polar surface area (TPSA) is 69.0 Å². The van der Waals surface area contributed by atoms with Gasteiger partial charge >= 0.3 is 0 Å². The van der Waals surface area contributed by atoms with Crippen LogP contribution in [0, 0.1) is 0 Å². The molecule has 2 aromatic rings. The molecule has 2 aromatic heterocycles. The molecule has 2 heterocycles. The number of nitrogens with one attached hydrogen (secondary N) is 1. The first kappa shape index (κ1) is 14.7. The first-order valence-electron chi connectivity index (χ1n) is 7.55. The van der Waals surface area contributed by atoms with Crippen LogP contribution in [-0.4, -0.2) is 39.7 Å². The number of aromatic nitrogens is 3. The largest absolute Gasteiger partial charge is 0.381 e. The fourth-order valence-electron chi connectivity index (χ4n) is 2.79. The van der Waals surface area contributed by atoms with Crippen molar-refractivity contribution in [2.24, 2.45) is 0 Å². The van der Waals surface area contributed by atoms with Crippen LogP contribution >= 0.6 is 0 Å². The van der Waals surface area contributed by atoms with Crippen molar-refractivity contribution >= 4 is 5.91 Å². The molecule has 6 nitrogen and oxygen atoms in total.